The van der Waals surface area contributed by atoms with Gasteiger partial charge in [-0.15, -0.1) is 0 Å². The lowest BCUT2D eigenvalue weighted by Gasteiger charge is -2.25. The second-order valence-corrected chi connectivity index (χ2v) is 6.53. The van der Waals surface area contributed by atoms with E-state index in [0.717, 1.165) is 12.0 Å². The van der Waals surface area contributed by atoms with Gasteiger partial charge >= 0.3 is 0 Å². The molecule has 2 atom stereocenters. The SMILES string of the molecule is CC(NC(=O)CN1c2ccccc2CC1C)c1ccccc1Cl. The highest BCUT2D eigenvalue weighted by atomic mass is 35.5. The monoisotopic (exact) mass is 328 g/mol. The Morgan fingerprint density at radius 3 is 2.74 bits per heavy atom. The third-order valence-corrected chi connectivity index (χ3v) is 4.76. The minimum atomic E-state index is -0.107. The molecule has 0 fully saturated rings. The lowest BCUT2D eigenvalue weighted by molar-refractivity contribution is -0.120. The molecule has 1 N–H and O–H groups in total. The molecule has 4 heteroatoms. The van der Waals surface area contributed by atoms with Crippen LogP contribution >= 0.6 is 11.6 Å². The highest BCUT2D eigenvalue weighted by Gasteiger charge is 2.27. The number of benzene rings is 2. The van der Waals surface area contributed by atoms with Gasteiger partial charge in [-0.3, -0.25) is 4.79 Å². The molecule has 0 spiro atoms. The molecule has 1 aliphatic rings. The van der Waals surface area contributed by atoms with Crippen LogP contribution < -0.4 is 10.2 Å². The van der Waals surface area contributed by atoms with E-state index in [0.29, 0.717) is 17.6 Å². The number of hydrogen-bond donors (Lipinski definition) is 1. The average molecular weight is 329 g/mol. The molecule has 2 aromatic rings. The van der Waals surface area contributed by atoms with Crippen LogP contribution in [0.3, 0.4) is 0 Å². The van der Waals surface area contributed by atoms with Gasteiger partial charge in [0.05, 0.1) is 12.6 Å². The molecule has 3 rings (SSSR count). The van der Waals surface area contributed by atoms with Crippen LogP contribution in [0.4, 0.5) is 5.69 Å². The lowest BCUT2D eigenvalue weighted by Crippen LogP contribution is -2.40. The van der Waals surface area contributed by atoms with E-state index >= 15 is 0 Å². The van der Waals surface area contributed by atoms with E-state index in [-0.39, 0.29) is 11.9 Å². The van der Waals surface area contributed by atoms with E-state index in [9.17, 15) is 4.79 Å². The lowest BCUT2D eigenvalue weighted by atomic mass is 10.1. The number of halogens is 1. The van der Waals surface area contributed by atoms with Crippen LogP contribution in [0.2, 0.25) is 5.02 Å². The van der Waals surface area contributed by atoms with Crippen LogP contribution in [0, 0.1) is 0 Å². The smallest absolute Gasteiger partial charge is 0.240 e. The van der Waals surface area contributed by atoms with Crippen LogP contribution in [0.5, 0.6) is 0 Å². The highest BCUT2D eigenvalue weighted by Crippen LogP contribution is 2.31. The average Bonchev–Trinajstić information content (AvgIpc) is 2.83. The van der Waals surface area contributed by atoms with Gasteiger partial charge in [-0.25, -0.2) is 0 Å². The normalized spacial score (nSPS) is 17.7. The van der Waals surface area contributed by atoms with E-state index in [4.69, 9.17) is 11.6 Å². The number of hydrogen-bond acceptors (Lipinski definition) is 2. The Kier molecular flexibility index (Phi) is 4.58. The first kappa shape index (κ1) is 15.9. The van der Waals surface area contributed by atoms with Gasteiger partial charge in [0.15, 0.2) is 0 Å². The van der Waals surface area contributed by atoms with E-state index in [1.807, 2.05) is 37.3 Å². The number of nitrogens with zero attached hydrogens (tertiary/aromatic N) is 1. The molecule has 0 aliphatic carbocycles. The van der Waals surface area contributed by atoms with E-state index in [1.165, 1.54) is 11.3 Å². The van der Waals surface area contributed by atoms with Gasteiger partial charge in [-0.2, -0.15) is 0 Å². The van der Waals surface area contributed by atoms with Gasteiger partial charge in [-0.1, -0.05) is 48.0 Å². The molecule has 0 saturated heterocycles. The van der Waals surface area contributed by atoms with E-state index in [1.54, 1.807) is 0 Å². The number of rotatable bonds is 4. The Balaban J connectivity index is 1.67. The summed E-state index contributed by atoms with van der Waals surface area (Å²) in [5.41, 5.74) is 3.42. The summed E-state index contributed by atoms with van der Waals surface area (Å²) in [5, 5.41) is 3.73. The van der Waals surface area contributed by atoms with Gasteiger partial charge in [0, 0.05) is 16.8 Å². The zero-order valence-electron chi connectivity index (χ0n) is 13.4. The summed E-state index contributed by atoms with van der Waals surface area (Å²) >= 11 is 6.20. The van der Waals surface area contributed by atoms with Crippen molar-refractivity contribution >= 4 is 23.2 Å². The highest BCUT2D eigenvalue weighted by molar-refractivity contribution is 6.31. The summed E-state index contributed by atoms with van der Waals surface area (Å²) in [5.74, 6) is 0.0148. The molecule has 1 heterocycles. The standard InChI is InChI=1S/C19H21ClN2O/c1-13-11-15-7-3-6-10-18(15)22(13)12-19(23)21-14(2)16-8-4-5-9-17(16)20/h3-10,13-14H,11-12H2,1-2H3,(H,21,23). The Labute approximate surface area is 142 Å². The maximum Gasteiger partial charge on any atom is 0.240 e. The largest absolute Gasteiger partial charge is 0.359 e. The van der Waals surface area contributed by atoms with Gasteiger partial charge in [-0.05, 0) is 43.5 Å². The van der Waals surface area contributed by atoms with Crippen molar-refractivity contribution in [2.24, 2.45) is 0 Å². The summed E-state index contributed by atoms with van der Waals surface area (Å²) in [7, 11) is 0. The molecular weight excluding hydrogens is 308 g/mol. The fourth-order valence-corrected chi connectivity index (χ4v) is 3.52. The van der Waals surface area contributed by atoms with Crippen molar-refractivity contribution in [2.75, 3.05) is 11.4 Å². The Morgan fingerprint density at radius 1 is 1.26 bits per heavy atom. The fraction of sp³-hybridized carbons (Fsp3) is 0.316. The minimum absolute atomic E-state index is 0.0148. The first-order valence-corrected chi connectivity index (χ1v) is 8.32. The summed E-state index contributed by atoms with van der Waals surface area (Å²) in [4.78, 5) is 14.6. The van der Waals surface area contributed by atoms with Crippen molar-refractivity contribution in [2.45, 2.75) is 32.4 Å². The van der Waals surface area contributed by atoms with E-state index < -0.39 is 0 Å². The van der Waals surface area contributed by atoms with Crippen molar-refractivity contribution in [3.05, 3.63) is 64.7 Å². The van der Waals surface area contributed by atoms with Crippen LogP contribution in [-0.4, -0.2) is 18.5 Å². The maximum atomic E-state index is 12.5. The molecule has 0 radical (unpaired) electrons. The number of carbonyl (C=O) groups excluding carboxylic acids is 1. The Hall–Kier alpha value is -2.00. The molecule has 2 aromatic carbocycles. The molecule has 23 heavy (non-hydrogen) atoms. The summed E-state index contributed by atoms with van der Waals surface area (Å²) in [6.45, 7) is 4.48. The van der Waals surface area contributed by atoms with Crippen LogP contribution in [0.15, 0.2) is 48.5 Å². The quantitative estimate of drug-likeness (QED) is 0.921. The van der Waals surface area contributed by atoms with Crippen molar-refractivity contribution in [1.29, 1.82) is 0 Å². The number of nitrogens with one attached hydrogen (secondary N) is 1. The fourth-order valence-electron chi connectivity index (χ4n) is 3.22. The summed E-state index contributed by atoms with van der Waals surface area (Å²) in [6, 6.07) is 16.1. The Morgan fingerprint density at radius 2 is 1.96 bits per heavy atom. The number of fused-ring (bicyclic) bond motifs is 1. The van der Waals surface area contributed by atoms with Gasteiger partial charge < -0.3 is 10.2 Å². The molecule has 2 unspecified atom stereocenters. The molecule has 120 valence electrons. The first-order chi connectivity index (χ1) is 11.1. The van der Waals surface area contributed by atoms with Crippen molar-refractivity contribution in [3.8, 4) is 0 Å². The number of anilines is 1. The minimum Gasteiger partial charge on any atom is -0.359 e. The maximum absolute atomic E-state index is 12.5. The number of amides is 1. The predicted octanol–water partition coefficient (Wildman–Crippen LogP) is 3.97. The molecule has 0 bridgehead atoms. The second-order valence-electron chi connectivity index (χ2n) is 6.12. The number of para-hydroxylation sites is 1. The van der Waals surface area contributed by atoms with Crippen molar-refractivity contribution in [1.82, 2.24) is 5.32 Å². The molecule has 0 saturated carbocycles. The molecule has 1 aliphatic heterocycles. The molecular formula is C19H21ClN2O. The van der Waals surface area contributed by atoms with Gasteiger partial charge in [0.2, 0.25) is 5.91 Å². The topological polar surface area (TPSA) is 32.3 Å². The first-order valence-electron chi connectivity index (χ1n) is 7.94. The Bertz CT molecular complexity index is 716. The summed E-state index contributed by atoms with van der Waals surface area (Å²) < 4.78 is 0. The zero-order chi connectivity index (χ0) is 16.4. The van der Waals surface area contributed by atoms with E-state index in [2.05, 4.69) is 35.3 Å². The second kappa shape index (κ2) is 6.63. The third-order valence-electron chi connectivity index (χ3n) is 4.41. The molecule has 3 nitrogen and oxygen atoms in total. The molecule has 0 aromatic heterocycles. The third kappa shape index (κ3) is 3.35. The molecule has 1 amide bonds. The number of carbonyl (C=O) groups is 1. The van der Waals surface area contributed by atoms with Crippen LogP contribution in [0.1, 0.15) is 31.0 Å². The summed E-state index contributed by atoms with van der Waals surface area (Å²) in [6.07, 6.45) is 0.990. The van der Waals surface area contributed by atoms with Gasteiger partial charge in [0.25, 0.3) is 0 Å². The van der Waals surface area contributed by atoms with Crippen LogP contribution in [0.25, 0.3) is 0 Å². The van der Waals surface area contributed by atoms with Gasteiger partial charge in [0.1, 0.15) is 0 Å². The van der Waals surface area contributed by atoms with Crippen molar-refractivity contribution in [3.63, 3.8) is 0 Å². The predicted molar refractivity (Wildman–Crippen MR) is 95.0 cm³/mol. The van der Waals surface area contributed by atoms with Crippen molar-refractivity contribution < 1.29 is 4.79 Å². The zero-order valence-corrected chi connectivity index (χ0v) is 14.2. The van der Waals surface area contributed by atoms with Crippen LogP contribution in [-0.2, 0) is 11.2 Å².